The van der Waals surface area contributed by atoms with Gasteiger partial charge < -0.3 is 13.7 Å². The first-order valence-electron chi connectivity index (χ1n) is 10.5. The standard InChI is InChI=1S/C23H18Cl3F3N4O3/c1-22(2,3)35-18(34)5-4-11-6-15(25)13(8-14(11)24)19-31-21(36-32-19)17-10-33-9-12(23(27,28)29)7-16(26)20(33)30-17/h6-10H,4-5H2,1-3H3. The van der Waals surface area contributed by atoms with Gasteiger partial charge in [-0.05, 0) is 51.0 Å². The number of aromatic nitrogens is 4. The van der Waals surface area contributed by atoms with E-state index in [-0.39, 0.29) is 45.5 Å². The smallest absolute Gasteiger partial charge is 0.417 e. The summed E-state index contributed by atoms with van der Waals surface area (Å²) in [5.41, 5.74) is -0.315. The topological polar surface area (TPSA) is 82.5 Å². The number of imidazole rings is 1. The van der Waals surface area contributed by atoms with Crippen molar-refractivity contribution >= 4 is 46.4 Å². The van der Waals surface area contributed by atoms with Crippen molar-refractivity contribution in [1.29, 1.82) is 0 Å². The largest absolute Gasteiger partial charge is 0.460 e. The number of halogens is 6. The molecule has 0 N–H and O–H groups in total. The molecular formula is C23H18Cl3F3N4O3. The van der Waals surface area contributed by atoms with E-state index in [0.717, 1.165) is 16.7 Å². The van der Waals surface area contributed by atoms with Gasteiger partial charge in [0.25, 0.3) is 5.89 Å². The molecule has 0 saturated heterocycles. The number of fused-ring (bicyclic) bond motifs is 1. The van der Waals surface area contributed by atoms with Gasteiger partial charge in [0.1, 0.15) is 11.3 Å². The molecule has 0 bridgehead atoms. The summed E-state index contributed by atoms with van der Waals surface area (Å²) in [6.45, 7) is 5.34. The lowest BCUT2D eigenvalue weighted by Gasteiger charge is -2.19. The first-order chi connectivity index (χ1) is 16.7. The van der Waals surface area contributed by atoms with Crippen LogP contribution in [0.5, 0.6) is 0 Å². The predicted octanol–water partition coefficient (Wildman–Crippen LogP) is 7.30. The lowest BCUT2D eigenvalue weighted by atomic mass is 10.1. The van der Waals surface area contributed by atoms with Gasteiger partial charge in [0, 0.05) is 29.4 Å². The normalized spacial score (nSPS) is 12.4. The summed E-state index contributed by atoms with van der Waals surface area (Å²) in [5.74, 6) is -0.328. The van der Waals surface area contributed by atoms with Gasteiger partial charge in [-0.2, -0.15) is 18.2 Å². The summed E-state index contributed by atoms with van der Waals surface area (Å²) in [5, 5.41) is 4.30. The fourth-order valence-corrected chi connectivity index (χ4v) is 4.12. The first-order valence-corrected chi connectivity index (χ1v) is 11.6. The molecule has 4 aromatic rings. The molecule has 36 heavy (non-hydrogen) atoms. The maximum absolute atomic E-state index is 13.1. The predicted molar refractivity (Wildman–Crippen MR) is 128 cm³/mol. The number of alkyl halides is 3. The summed E-state index contributed by atoms with van der Waals surface area (Å²) in [6.07, 6.45) is -1.99. The number of ether oxygens (including phenoxy) is 1. The monoisotopic (exact) mass is 560 g/mol. The van der Waals surface area contributed by atoms with E-state index in [2.05, 4.69) is 15.1 Å². The average Bonchev–Trinajstić information content (AvgIpc) is 3.39. The quantitative estimate of drug-likeness (QED) is 0.238. The fraction of sp³-hybridized carbons (Fsp3) is 0.304. The molecule has 0 saturated carbocycles. The molecule has 0 fully saturated rings. The highest BCUT2D eigenvalue weighted by Gasteiger charge is 2.32. The summed E-state index contributed by atoms with van der Waals surface area (Å²) in [7, 11) is 0. The minimum absolute atomic E-state index is 0.0560. The van der Waals surface area contributed by atoms with E-state index < -0.39 is 17.3 Å². The third-order valence-electron chi connectivity index (χ3n) is 4.87. The SMILES string of the molecule is CC(C)(C)OC(=O)CCc1cc(Cl)c(-c2noc(-c3cn4cc(C(F)(F)F)cc(Cl)c4n3)n2)cc1Cl. The zero-order valence-corrected chi connectivity index (χ0v) is 21.4. The van der Waals surface area contributed by atoms with Crippen LogP contribution in [0.4, 0.5) is 13.2 Å². The molecule has 13 heteroatoms. The van der Waals surface area contributed by atoms with Gasteiger partial charge in [-0.1, -0.05) is 40.0 Å². The van der Waals surface area contributed by atoms with Gasteiger partial charge in [0.05, 0.1) is 15.6 Å². The lowest BCUT2D eigenvalue weighted by molar-refractivity contribution is -0.154. The molecule has 0 aliphatic rings. The van der Waals surface area contributed by atoms with Gasteiger partial charge in [-0.3, -0.25) is 4.79 Å². The molecule has 0 aliphatic heterocycles. The molecule has 7 nitrogen and oxygen atoms in total. The molecular weight excluding hydrogens is 544 g/mol. The van der Waals surface area contributed by atoms with Crippen molar-refractivity contribution in [1.82, 2.24) is 19.5 Å². The minimum atomic E-state index is -4.57. The minimum Gasteiger partial charge on any atom is -0.460 e. The highest BCUT2D eigenvalue weighted by atomic mass is 35.5. The van der Waals surface area contributed by atoms with Crippen LogP contribution >= 0.6 is 34.8 Å². The van der Waals surface area contributed by atoms with E-state index in [4.69, 9.17) is 44.1 Å². The first kappa shape index (κ1) is 26.2. The third-order valence-corrected chi connectivity index (χ3v) is 5.82. The highest BCUT2D eigenvalue weighted by molar-refractivity contribution is 6.35. The molecule has 0 spiro atoms. The molecule has 0 atom stereocenters. The Balaban J connectivity index is 1.58. The van der Waals surface area contributed by atoms with E-state index in [0.29, 0.717) is 22.6 Å². The van der Waals surface area contributed by atoms with Crippen LogP contribution in [0.2, 0.25) is 15.1 Å². The summed E-state index contributed by atoms with van der Waals surface area (Å²) in [6, 6.07) is 3.93. The van der Waals surface area contributed by atoms with Gasteiger partial charge in [0.15, 0.2) is 5.65 Å². The second kappa shape index (κ2) is 9.57. The molecule has 4 rings (SSSR count). The third kappa shape index (κ3) is 5.77. The number of carbonyl (C=O) groups excluding carboxylic acids is 1. The van der Waals surface area contributed by atoms with Crippen LogP contribution in [0.1, 0.15) is 38.3 Å². The van der Waals surface area contributed by atoms with Crippen LogP contribution in [-0.2, 0) is 22.1 Å². The van der Waals surface area contributed by atoms with Gasteiger partial charge in [-0.25, -0.2) is 4.98 Å². The van der Waals surface area contributed by atoms with E-state index in [1.807, 2.05) is 0 Å². The molecule has 0 unspecified atom stereocenters. The van der Waals surface area contributed by atoms with Crippen molar-refractivity contribution in [2.75, 3.05) is 0 Å². The number of hydrogen-bond acceptors (Lipinski definition) is 6. The van der Waals surface area contributed by atoms with Crippen LogP contribution in [0.25, 0.3) is 28.6 Å². The average molecular weight is 562 g/mol. The van der Waals surface area contributed by atoms with Gasteiger partial charge >= 0.3 is 12.1 Å². The molecule has 3 aromatic heterocycles. The Kier molecular flexibility index (Phi) is 6.98. The molecule has 0 radical (unpaired) electrons. The Morgan fingerprint density at radius 2 is 1.75 bits per heavy atom. The summed E-state index contributed by atoms with van der Waals surface area (Å²) >= 11 is 18.8. The Hall–Kier alpha value is -2.82. The van der Waals surface area contributed by atoms with Crippen LogP contribution in [0, 0.1) is 0 Å². The van der Waals surface area contributed by atoms with E-state index >= 15 is 0 Å². The lowest BCUT2D eigenvalue weighted by Crippen LogP contribution is -2.24. The second-order valence-electron chi connectivity index (χ2n) is 8.86. The summed E-state index contributed by atoms with van der Waals surface area (Å²) in [4.78, 5) is 20.5. The second-order valence-corrected chi connectivity index (χ2v) is 10.1. The number of aryl methyl sites for hydroxylation is 1. The molecule has 1 aromatic carbocycles. The number of benzene rings is 1. The zero-order chi connectivity index (χ0) is 26.4. The van der Waals surface area contributed by atoms with Crippen molar-refractivity contribution in [2.24, 2.45) is 0 Å². The highest BCUT2D eigenvalue weighted by Crippen LogP contribution is 2.35. The van der Waals surface area contributed by atoms with Crippen molar-refractivity contribution in [3.63, 3.8) is 0 Å². The molecule has 3 heterocycles. The van der Waals surface area contributed by atoms with Crippen LogP contribution < -0.4 is 0 Å². The van der Waals surface area contributed by atoms with E-state index in [1.165, 1.54) is 6.20 Å². The van der Waals surface area contributed by atoms with Crippen LogP contribution in [-0.4, -0.2) is 31.1 Å². The number of esters is 1. The molecule has 0 amide bonds. The Bertz CT molecular complexity index is 1460. The number of hydrogen-bond donors (Lipinski definition) is 0. The van der Waals surface area contributed by atoms with Crippen molar-refractivity contribution in [2.45, 2.75) is 45.4 Å². The van der Waals surface area contributed by atoms with Crippen molar-refractivity contribution in [3.05, 3.63) is 56.8 Å². The van der Waals surface area contributed by atoms with Crippen molar-refractivity contribution in [3.8, 4) is 23.0 Å². The Morgan fingerprint density at radius 3 is 2.42 bits per heavy atom. The Labute approximate surface area is 218 Å². The maximum atomic E-state index is 13.1. The molecule has 0 aliphatic carbocycles. The number of carbonyl (C=O) groups is 1. The van der Waals surface area contributed by atoms with E-state index in [9.17, 15) is 18.0 Å². The number of rotatable bonds is 5. The zero-order valence-electron chi connectivity index (χ0n) is 19.1. The number of pyridine rings is 1. The van der Waals surface area contributed by atoms with E-state index in [1.54, 1.807) is 32.9 Å². The Morgan fingerprint density at radius 1 is 1.03 bits per heavy atom. The van der Waals surface area contributed by atoms with Gasteiger partial charge in [-0.15, -0.1) is 0 Å². The summed E-state index contributed by atoms with van der Waals surface area (Å²) < 4.78 is 51.0. The van der Waals surface area contributed by atoms with Gasteiger partial charge in [0.2, 0.25) is 5.82 Å². The number of nitrogens with zero attached hydrogens (tertiary/aromatic N) is 4. The van der Waals surface area contributed by atoms with Crippen molar-refractivity contribution < 1.29 is 27.2 Å². The fourth-order valence-electron chi connectivity index (χ4n) is 3.33. The van der Waals surface area contributed by atoms with Crippen LogP contribution in [0.3, 0.4) is 0 Å². The molecule has 190 valence electrons. The van der Waals surface area contributed by atoms with Crippen LogP contribution in [0.15, 0.2) is 35.1 Å². The maximum Gasteiger partial charge on any atom is 0.417 e.